The summed E-state index contributed by atoms with van der Waals surface area (Å²) in [6.45, 7) is 4.28. The van der Waals surface area contributed by atoms with E-state index in [1.54, 1.807) is 6.33 Å². The van der Waals surface area contributed by atoms with E-state index in [0.29, 0.717) is 12.1 Å². The Morgan fingerprint density at radius 3 is 2.79 bits per heavy atom. The van der Waals surface area contributed by atoms with Gasteiger partial charge in [-0.15, -0.1) is 0 Å². The zero-order valence-corrected chi connectivity index (χ0v) is 11.4. The molecule has 1 aliphatic rings. The van der Waals surface area contributed by atoms with Gasteiger partial charge >= 0.3 is 0 Å². The number of nitrogens with zero attached hydrogens (tertiary/aromatic N) is 2. The van der Waals surface area contributed by atoms with E-state index in [4.69, 9.17) is 0 Å². The molecule has 1 amide bonds. The molecular weight excluding hydrogens is 238 g/mol. The summed E-state index contributed by atoms with van der Waals surface area (Å²) in [5.74, 6) is 0.135. The number of fused-ring (bicyclic) bond motifs is 1. The number of carbonyl (C=O) groups is 1. The molecule has 1 N–H and O–H groups in total. The molecule has 2 atom stereocenters. The molecule has 1 aromatic heterocycles. The normalized spacial score (nSPS) is 23.8. The number of amides is 1. The first-order valence-corrected chi connectivity index (χ1v) is 6.92. The SMILES string of the molecule is CC1CCCC(C)N1C(=O)c1ccc2nc[nH]c2c1. The molecule has 3 rings (SSSR count). The van der Waals surface area contributed by atoms with Gasteiger partial charge in [-0.25, -0.2) is 4.98 Å². The van der Waals surface area contributed by atoms with Crippen LogP contribution in [-0.2, 0) is 0 Å². The number of aromatic nitrogens is 2. The Bertz CT molecular complexity index is 594. The molecule has 1 aliphatic heterocycles. The van der Waals surface area contributed by atoms with Crippen LogP contribution in [-0.4, -0.2) is 32.9 Å². The van der Waals surface area contributed by atoms with Gasteiger partial charge in [0.15, 0.2) is 0 Å². The molecule has 0 spiro atoms. The monoisotopic (exact) mass is 257 g/mol. The Kier molecular flexibility index (Phi) is 3.01. The fourth-order valence-corrected chi connectivity index (χ4v) is 3.04. The van der Waals surface area contributed by atoms with Crippen LogP contribution in [0.1, 0.15) is 43.5 Å². The average Bonchev–Trinajstić information content (AvgIpc) is 2.85. The predicted molar refractivity (Wildman–Crippen MR) is 75.0 cm³/mol. The van der Waals surface area contributed by atoms with Gasteiger partial charge in [-0.3, -0.25) is 4.79 Å². The molecule has 1 aromatic carbocycles. The number of likely N-dealkylation sites (tertiary alicyclic amines) is 1. The van der Waals surface area contributed by atoms with Crippen LogP contribution in [0, 0.1) is 0 Å². The van der Waals surface area contributed by atoms with Crippen LogP contribution in [0.3, 0.4) is 0 Å². The third-order valence-electron chi connectivity index (χ3n) is 4.10. The fraction of sp³-hybridized carbons (Fsp3) is 0.467. The maximum absolute atomic E-state index is 12.7. The van der Waals surface area contributed by atoms with Crippen molar-refractivity contribution >= 4 is 16.9 Å². The largest absolute Gasteiger partial charge is 0.345 e. The first-order valence-electron chi connectivity index (χ1n) is 6.92. The summed E-state index contributed by atoms with van der Waals surface area (Å²) in [5.41, 5.74) is 2.57. The lowest BCUT2D eigenvalue weighted by atomic mass is 9.96. The van der Waals surface area contributed by atoms with Gasteiger partial charge in [0, 0.05) is 17.6 Å². The first kappa shape index (κ1) is 12.2. The summed E-state index contributed by atoms with van der Waals surface area (Å²) in [6, 6.07) is 6.33. The van der Waals surface area contributed by atoms with Crippen LogP contribution in [0.15, 0.2) is 24.5 Å². The van der Waals surface area contributed by atoms with Gasteiger partial charge in [0.2, 0.25) is 0 Å². The number of aromatic amines is 1. The Labute approximate surface area is 112 Å². The Morgan fingerprint density at radius 2 is 2.05 bits per heavy atom. The zero-order chi connectivity index (χ0) is 13.4. The number of H-pyrrole nitrogens is 1. The highest BCUT2D eigenvalue weighted by Gasteiger charge is 2.29. The summed E-state index contributed by atoms with van der Waals surface area (Å²) in [5, 5.41) is 0. The lowest BCUT2D eigenvalue weighted by Crippen LogP contribution is -2.47. The van der Waals surface area contributed by atoms with Crippen LogP contribution in [0.25, 0.3) is 11.0 Å². The topological polar surface area (TPSA) is 49.0 Å². The predicted octanol–water partition coefficient (Wildman–Crippen LogP) is 2.97. The average molecular weight is 257 g/mol. The maximum atomic E-state index is 12.7. The van der Waals surface area contributed by atoms with Crippen molar-refractivity contribution in [3.8, 4) is 0 Å². The summed E-state index contributed by atoms with van der Waals surface area (Å²) in [7, 11) is 0. The van der Waals surface area contributed by atoms with E-state index >= 15 is 0 Å². The standard InChI is InChI=1S/C15H19N3O/c1-10-4-3-5-11(2)18(10)15(19)12-6-7-13-14(8-12)17-9-16-13/h6-11H,3-5H2,1-2H3,(H,16,17). The zero-order valence-electron chi connectivity index (χ0n) is 11.4. The number of imidazole rings is 1. The number of hydrogen-bond acceptors (Lipinski definition) is 2. The summed E-state index contributed by atoms with van der Waals surface area (Å²) < 4.78 is 0. The van der Waals surface area contributed by atoms with E-state index in [1.165, 1.54) is 6.42 Å². The molecule has 2 unspecified atom stereocenters. The molecule has 0 saturated carbocycles. The molecule has 0 bridgehead atoms. The Hall–Kier alpha value is -1.84. The minimum Gasteiger partial charge on any atom is -0.345 e. The van der Waals surface area contributed by atoms with Gasteiger partial charge in [0.25, 0.3) is 5.91 Å². The lowest BCUT2D eigenvalue weighted by Gasteiger charge is -2.39. The minimum absolute atomic E-state index is 0.135. The second kappa shape index (κ2) is 4.68. The molecule has 4 heteroatoms. The van der Waals surface area contributed by atoms with E-state index in [-0.39, 0.29) is 5.91 Å². The van der Waals surface area contributed by atoms with Crippen LogP contribution in [0.5, 0.6) is 0 Å². The molecule has 1 saturated heterocycles. The Morgan fingerprint density at radius 1 is 1.32 bits per heavy atom. The quantitative estimate of drug-likeness (QED) is 0.853. The van der Waals surface area contributed by atoms with Crippen molar-refractivity contribution in [2.75, 3.05) is 0 Å². The Balaban J connectivity index is 1.93. The molecule has 19 heavy (non-hydrogen) atoms. The number of hydrogen-bond donors (Lipinski definition) is 1. The maximum Gasteiger partial charge on any atom is 0.254 e. The van der Waals surface area contributed by atoms with E-state index in [2.05, 4.69) is 23.8 Å². The summed E-state index contributed by atoms with van der Waals surface area (Å²) >= 11 is 0. The highest BCUT2D eigenvalue weighted by atomic mass is 16.2. The molecule has 1 fully saturated rings. The number of rotatable bonds is 1. The summed E-state index contributed by atoms with van der Waals surface area (Å²) in [4.78, 5) is 21.9. The first-order chi connectivity index (χ1) is 9.16. The van der Waals surface area contributed by atoms with Crippen LogP contribution in [0.4, 0.5) is 0 Å². The van der Waals surface area contributed by atoms with Crippen molar-refractivity contribution in [3.05, 3.63) is 30.1 Å². The van der Waals surface area contributed by atoms with E-state index in [9.17, 15) is 4.79 Å². The van der Waals surface area contributed by atoms with Gasteiger partial charge in [0.1, 0.15) is 0 Å². The van der Waals surface area contributed by atoms with Gasteiger partial charge in [0.05, 0.1) is 17.4 Å². The van der Waals surface area contributed by atoms with Crippen LogP contribution >= 0.6 is 0 Å². The molecule has 2 aromatic rings. The van der Waals surface area contributed by atoms with Gasteiger partial charge < -0.3 is 9.88 Å². The van der Waals surface area contributed by atoms with Crippen molar-refractivity contribution in [2.45, 2.75) is 45.2 Å². The van der Waals surface area contributed by atoms with Gasteiger partial charge in [-0.05, 0) is 51.3 Å². The number of carbonyl (C=O) groups excluding carboxylic acids is 1. The fourth-order valence-electron chi connectivity index (χ4n) is 3.04. The molecule has 0 radical (unpaired) electrons. The van der Waals surface area contributed by atoms with Gasteiger partial charge in [-0.1, -0.05) is 0 Å². The molecule has 4 nitrogen and oxygen atoms in total. The third kappa shape index (κ3) is 2.11. The van der Waals surface area contributed by atoms with Crippen molar-refractivity contribution < 1.29 is 4.79 Å². The third-order valence-corrected chi connectivity index (χ3v) is 4.10. The highest BCUT2D eigenvalue weighted by molar-refractivity contribution is 5.97. The number of nitrogens with one attached hydrogen (secondary N) is 1. The summed E-state index contributed by atoms with van der Waals surface area (Å²) in [6.07, 6.45) is 5.07. The molecule has 100 valence electrons. The second-order valence-corrected chi connectivity index (χ2v) is 5.48. The number of piperidine rings is 1. The molecule has 2 heterocycles. The van der Waals surface area contributed by atoms with E-state index in [0.717, 1.165) is 29.4 Å². The van der Waals surface area contributed by atoms with Gasteiger partial charge in [-0.2, -0.15) is 0 Å². The van der Waals surface area contributed by atoms with Crippen molar-refractivity contribution in [3.63, 3.8) is 0 Å². The lowest BCUT2D eigenvalue weighted by molar-refractivity contribution is 0.0511. The van der Waals surface area contributed by atoms with E-state index in [1.807, 2.05) is 23.1 Å². The highest BCUT2D eigenvalue weighted by Crippen LogP contribution is 2.25. The smallest absolute Gasteiger partial charge is 0.254 e. The van der Waals surface area contributed by atoms with Crippen molar-refractivity contribution in [2.24, 2.45) is 0 Å². The second-order valence-electron chi connectivity index (χ2n) is 5.48. The number of benzene rings is 1. The van der Waals surface area contributed by atoms with Crippen LogP contribution < -0.4 is 0 Å². The van der Waals surface area contributed by atoms with Crippen LogP contribution in [0.2, 0.25) is 0 Å². The molecule has 0 aliphatic carbocycles. The van der Waals surface area contributed by atoms with E-state index < -0.39 is 0 Å². The van der Waals surface area contributed by atoms with Crippen molar-refractivity contribution in [1.29, 1.82) is 0 Å². The van der Waals surface area contributed by atoms with Crippen molar-refractivity contribution in [1.82, 2.24) is 14.9 Å². The molecular formula is C15H19N3O. The minimum atomic E-state index is 0.135.